The highest BCUT2D eigenvalue weighted by Gasteiger charge is 2.54. The Hall–Kier alpha value is -1.56. The van der Waals surface area contributed by atoms with Crippen LogP contribution < -0.4 is 0 Å². The molecule has 0 spiro atoms. The van der Waals surface area contributed by atoms with Crippen molar-refractivity contribution >= 4 is 5.91 Å². The summed E-state index contributed by atoms with van der Waals surface area (Å²) in [6.07, 6.45) is -5.61. The minimum absolute atomic E-state index is 0.0950. The van der Waals surface area contributed by atoms with Crippen molar-refractivity contribution in [3.63, 3.8) is 0 Å². The van der Waals surface area contributed by atoms with E-state index in [0.29, 0.717) is 5.56 Å². The van der Waals surface area contributed by atoms with Gasteiger partial charge in [0, 0.05) is 31.5 Å². The van der Waals surface area contributed by atoms with Crippen molar-refractivity contribution in [2.24, 2.45) is 0 Å². The smallest absolute Gasteiger partial charge is 0.380 e. The second-order valence-electron chi connectivity index (χ2n) is 5.57. The number of hydrogen-bond donors (Lipinski definition) is 1. The average molecular weight is 301 g/mol. The summed E-state index contributed by atoms with van der Waals surface area (Å²) in [5, 5.41) is 9.61. The Kier molecular flexibility index (Phi) is 4.02. The number of aryl methyl sites for hydroxylation is 1. The molecule has 2 rings (SSSR count). The topological polar surface area (TPSA) is 40.5 Å². The second-order valence-corrected chi connectivity index (χ2v) is 5.57. The molecule has 1 aromatic carbocycles. The van der Waals surface area contributed by atoms with Crippen LogP contribution in [0, 0.1) is 13.8 Å². The highest BCUT2D eigenvalue weighted by atomic mass is 19.4. The molecule has 1 aliphatic heterocycles. The molecule has 6 heteroatoms. The quantitative estimate of drug-likeness (QED) is 0.866. The van der Waals surface area contributed by atoms with E-state index >= 15 is 0 Å². The summed E-state index contributed by atoms with van der Waals surface area (Å²) in [7, 11) is 0. The lowest BCUT2D eigenvalue weighted by atomic mass is 9.90. The third kappa shape index (κ3) is 2.90. The van der Waals surface area contributed by atoms with Gasteiger partial charge in [0.15, 0.2) is 5.60 Å². The van der Waals surface area contributed by atoms with Gasteiger partial charge in [-0.2, -0.15) is 13.2 Å². The summed E-state index contributed by atoms with van der Waals surface area (Å²) in [6, 6.07) is 5.31. The molecule has 116 valence electrons. The second kappa shape index (κ2) is 5.33. The number of nitrogens with zero attached hydrogens (tertiary/aromatic N) is 1. The molecule has 1 aliphatic rings. The molecule has 0 bridgehead atoms. The molecule has 1 N–H and O–H groups in total. The van der Waals surface area contributed by atoms with Crippen molar-refractivity contribution in [1.82, 2.24) is 4.90 Å². The number of carbonyl (C=O) groups excluding carboxylic acids is 1. The molecule has 1 amide bonds. The molecule has 0 aromatic heterocycles. The molecule has 21 heavy (non-hydrogen) atoms. The predicted octanol–water partition coefficient (Wildman–Crippen LogP) is 2.83. The number of likely N-dealkylation sites (tertiary alicyclic amines) is 1. The first-order chi connectivity index (χ1) is 9.66. The van der Waals surface area contributed by atoms with E-state index in [4.69, 9.17) is 0 Å². The highest BCUT2D eigenvalue weighted by Crippen LogP contribution is 2.38. The molecular formula is C15H18F3NO2. The van der Waals surface area contributed by atoms with Gasteiger partial charge in [0.1, 0.15) is 0 Å². The van der Waals surface area contributed by atoms with Crippen molar-refractivity contribution in [3.05, 3.63) is 34.9 Å². The Balaban J connectivity index is 2.13. The third-order valence-electron chi connectivity index (χ3n) is 4.24. The molecule has 0 aliphatic carbocycles. The van der Waals surface area contributed by atoms with Gasteiger partial charge < -0.3 is 10.0 Å². The van der Waals surface area contributed by atoms with E-state index in [1.807, 2.05) is 19.9 Å². The van der Waals surface area contributed by atoms with E-state index in [-0.39, 0.29) is 19.0 Å². The fraction of sp³-hybridized carbons (Fsp3) is 0.533. The summed E-state index contributed by atoms with van der Waals surface area (Å²) in [6.45, 7) is 3.51. The van der Waals surface area contributed by atoms with Crippen LogP contribution in [0.4, 0.5) is 13.2 Å². The van der Waals surface area contributed by atoms with Crippen LogP contribution >= 0.6 is 0 Å². The zero-order chi connectivity index (χ0) is 15.8. The Bertz CT molecular complexity index is 546. The van der Waals surface area contributed by atoms with Crippen LogP contribution in [0.3, 0.4) is 0 Å². The molecule has 1 saturated heterocycles. The van der Waals surface area contributed by atoms with Crippen LogP contribution in [-0.2, 0) is 0 Å². The third-order valence-corrected chi connectivity index (χ3v) is 4.24. The molecule has 0 atom stereocenters. The maximum atomic E-state index is 12.7. The number of benzene rings is 1. The summed E-state index contributed by atoms with van der Waals surface area (Å²) >= 11 is 0. The maximum absolute atomic E-state index is 12.7. The van der Waals surface area contributed by atoms with Crippen LogP contribution in [-0.4, -0.2) is 40.8 Å². The maximum Gasteiger partial charge on any atom is 0.417 e. The number of hydrogen-bond acceptors (Lipinski definition) is 2. The Morgan fingerprint density at radius 1 is 1.24 bits per heavy atom. The lowest BCUT2D eigenvalue weighted by molar-refractivity contribution is -0.271. The zero-order valence-corrected chi connectivity index (χ0v) is 12.0. The van der Waals surface area contributed by atoms with Gasteiger partial charge in [-0.15, -0.1) is 0 Å². The van der Waals surface area contributed by atoms with E-state index < -0.39 is 24.6 Å². The van der Waals surface area contributed by atoms with Crippen molar-refractivity contribution in [2.45, 2.75) is 38.5 Å². The molecule has 0 saturated carbocycles. The number of piperidine rings is 1. The fourth-order valence-corrected chi connectivity index (χ4v) is 2.52. The Labute approximate surface area is 121 Å². The Morgan fingerprint density at radius 2 is 1.81 bits per heavy atom. The minimum Gasteiger partial charge on any atom is -0.380 e. The number of rotatable bonds is 1. The van der Waals surface area contributed by atoms with E-state index in [0.717, 1.165) is 11.1 Å². The van der Waals surface area contributed by atoms with Gasteiger partial charge in [-0.1, -0.05) is 12.1 Å². The molecule has 1 fully saturated rings. The predicted molar refractivity (Wildman–Crippen MR) is 72.1 cm³/mol. The number of aliphatic hydroxyl groups is 1. The first kappa shape index (κ1) is 15.8. The summed E-state index contributed by atoms with van der Waals surface area (Å²) < 4.78 is 38.2. The summed E-state index contributed by atoms with van der Waals surface area (Å²) in [5.74, 6) is -0.277. The summed E-state index contributed by atoms with van der Waals surface area (Å²) in [4.78, 5) is 13.8. The fourth-order valence-electron chi connectivity index (χ4n) is 2.52. The summed E-state index contributed by atoms with van der Waals surface area (Å²) in [5.41, 5.74) is -0.373. The van der Waals surface area contributed by atoms with Gasteiger partial charge >= 0.3 is 6.18 Å². The van der Waals surface area contributed by atoms with Crippen molar-refractivity contribution in [3.8, 4) is 0 Å². The molecular weight excluding hydrogens is 283 g/mol. The van der Waals surface area contributed by atoms with Crippen molar-refractivity contribution in [2.75, 3.05) is 13.1 Å². The Morgan fingerprint density at radius 3 is 2.33 bits per heavy atom. The lowest BCUT2D eigenvalue weighted by Crippen LogP contribution is -2.54. The first-order valence-electron chi connectivity index (χ1n) is 6.80. The van der Waals surface area contributed by atoms with Gasteiger partial charge in [-0.05, 0) is 31.0 Å². The molecule has 1 heterocycles. The normalized spacial score (nSPS) is 18.7. The number of alkyl halides is 3. The van der Waals surface area contributed by atoms with Crippen molar-refractivity contribution < 1.29 is 23.1 Å². The SMILES string of the molecule is Cc1cccc(C(=O)N2CCC(O)(C(F)(F)F)CC2)c1C. The average Bonchev–Trinajstić information content (AvgIpc) is 2.41. The standard InChI is InChI=1S/C15H18F3NO2/c1-10-4-3-5-12(11(10)2)13(20)19-8-6-14(21,7-9-19)15(16,17)18/h3-5,21H,6-9H2,1-2H3. The number of carbonyl (C=O) groups is 1. The lowest BCUT2D eigenvalue weighted by Gasteiger charge is -2.39. The van der Waals surface area contributed by atoms with Crippen molar-refractivity contribution in [1.29, 1.82) is 0 Å². The van der Waals surface area contributed by atoms with Gasteiger partial charge in [0.05, 0.1) is 0 Å². The van der Waals surface area contributed by atoms with Crippen LogP contribution in [0.15, 0.2) is 18.2 Å². The van der Waals surface area contributed by atoms with Crippen LogP contribution in [0.5, 0.6) is 0 Å². The van der Waals surface area contributed by atoms with Crippen LogP contribution in [0.2, 0.25) is 0 Å². The number of amides is 1. The van der Waals surface area contributed by atoms with Gasteiger partial charge in [0.25, 0.3) is 5.91 Å². The van der Waals surface area contributed by atoms with E-state index in [1.165, 1.54) is 4.90 Å². The molecule has 0 unspecified atom stereocenters. The van der Waals surface area contributed by atoms with Crippen LogP contribution in [0.25, 0.3) is 0 Å². The molecule has 0 radical (unpaired) electrons. The van der Waals surface area contributed by atoms with Crippen LogP contribution in [0.1, 0.15) is 34.3 Å². The van der Waals surface area contributed by atoms with E-state index in [1.54, 1.807) is 12.1 Å². The van der Waals surface area contributed by atoms with Gasteiger partial charge in [-0.25, -0.2) is 0 Å². The van der Waals surface area contributed by atoms with E-state index in [9.17, 15) is 23.1 Å². The first-order valence-corrected chi connectivity index (χ1v) is 6.80. The van der Waals surface area contributed by atoms with E-state index in [2.05, 4.69) is 0 Å². The van der Waals surface area contributed by atoms with Gasteiger partial charge in [0.2, 0.25) is 0 Å². The zero-order valence-electron chi connectivity index (χ0n) is 12.0. The van der Waals surface area contributed by atoms with Gasteiger partial charge in [-0.3, -0.25) is 4.79 Å². The largest absolute Gasteiger partial charge is 0.417 e. The minimum atomic E-state index is -4.65. The highest BCUT2D eigenvalue weighted by molar-refractivity contribution is 5.96. The molecule has 1 aromatic rings. The molecule has 3 nitrogen and oxygen atoms in total. The number of halogens is 3. The monoisotopic (exact) mass is 301 g/mol.